The summed E-state index contributed by atoms with van der Waals surface area (Å²) >= 11 is 0. The van der Waals surface area contributed by atoms with Gasteiger partial charge >= 0.3 is 0 Å². The molecule has 34 heavy (non-hydrogen) atoms. The number of aromatic nitrogens is 1. The first kappa shape index (κ1) is 25.4. The predicted octanol–water partition coefficient (Wildman–Crippen LogP) is 3.68. The van der Waals surface area contributed by atoms with Gasteiger partial charge < -0.3 is 14.8 Å². The molecule has 182 valence electrons. The van der Waals surface area contributed by atoms with E-state index in [2.05, 4.69) is 16.3 Å². The van der Waals surface area contributed by atoms with Crippen LogP contribution in [0.25, 0.3) is 0 Å². The van der Waals surface area contributed by atoms with Gasteiger partial charge in [-0.25, -0.2) is 4.39 Å². The Bertz CT molecular complexity index is 1060. The van der Waals surface area contributed by atoms with Crippen molar-refractivity contribution in [1.82, 2.24) is 14.4 Å². The summed E-state index contributed by atoms with van der Waals surface area (Å²) in [6.45, 7) is 11.2. The number of nitrogens with one attached hydrogen (secondary N) is 1. The van der Waals surface area contributed by atoms with E-state index in [1.54, 1.807) is 12.1 Å². The van der Waals surface area contributed by atoms with E-state index in [9.17, 15) is 19.2 Å². The van der Waals surface area contributed by atoms with Gasteiger partial charge in [-0.3, -0.25) is 14.5 Å². The highest BCUT2D eigenvalue weighted by Crippen LogP contribution is 2.28. The van der Waals surface area contributed by atoms with E-state index in [0.29, 0.717) is 31.0 Å². The molecule has 1 aliphatic heterocycles. The standard InChI is InChI=1S/C26H34FN5O2/c1-5-31(6-2)26(34)21-11-13-30(14-12-21)17-24(33)29-25-23(15-28)18(3)19(4)32(25)16-20-7-9-22(27)10-8-20/h7-10,21H,5-6,11-14,16-17H2,1-4H3,(H,29,33). The molecule has 0 bridgehead atoms. The second-order valence-electron chi connectivity index (χ2n) is 8.87. The lowest BCUT2D eigenvalue weighted by atomic mass is 9.95. The highest BCUT2D eigenvalue weighted by molar-refractivity contribution is 5.93. The van der Waals surface area contributed by atoms with Crippen LogP contribution in [-0.4, -0.2) is 58.9 Å². The lowest BCUT2D eigenvalue weighted by molar-refractivity contribution is -0.136. The molecule has 1 aromatic carbocycles. The lowest BCUT2D eigenvalue weighted by Crippen LogP contribution is -2.44. The average molecular weight is 468 g/mol. The van der Waals surface area contributed by atoms with Gasteiger partial charge in [-0.1, -0.05) is 12.1 Å². The van der Waals surface area contributed by atoms with Crippen LogP contribution in [0.15, 0.2) is 24.3 Å². The molecule has 0 radical (unpaired) electrons. The summed E-state index contributed by atoms with van der Waals surface area (Å²) in [5, 5.41) is 12.7. The molecule has 3 rings (SSSR count). The Balaban J connectivity index is 1.67. The topological polar surface area (TPSA) is 81.4 Å². The quantitative estimate of drug-likeness (QED) is 0.642. The molecule has 0 unspecified atom stereocenters. The fraction of sp³-hybridized carbons (Fsp3) is 0.500. The van der Waals surface area contributed by atoms with Gasteiger partial charge in [0.15, 0.2) is 0 Å². The third-order valence-electron chi connectivity index (χ3n) is 6.83. The van der Waals surface area contributed by atoms with Crippen LogP contribution < -0.4 is 5.32 Å². The Kier molecular flexibility index (Phi) is 8.46. The highest BCUT2D eigenvalue weighted by atomic mass is 19.1. The number of anilines is 1. The van der Waals surface area contributed by atoms with Crippen LogP contribution in [0.2, 0.25) is 0 Å². The minimum atomic E-state index is -0.307. The van der Waals surface area contributed by atoms with Crippen LogP contribution >= 0.6 is 0 Å². The van der Waals surface area contributed by atoms with Crippen molar-refractivity contribution in [2.45, 2.75) is 47.1 Å². The van der Waals surface area contributed by atoms with Crippen LogP contribution in [0, 0.1) is 36.9 Å². The molecular formula is C26H34FN5O2. The number of carbonyl (C=O) groups is 2. The maximum atomic E-state index is 13.3. The summed E-state index contributed by atoms with van der Waals surface area (Å²) in [6.07, 6.45) is 1.48. The number of likely N-dealkylation sites (tertiary alicyclic amines) is 1. The number of carbonyl (C=O) groups excluding carboxylic acids is 2. The first-order chi connectivity index (χ1) is 16.3. The number of benzene rings is 1. The number of hydrogen-bond donors (Lipinski definition) is 1. The minimum Gasteiger partial charge on any atom is -0.343 e. The number of halogens is 1. The largest absolute Gasteiger partial charge is 0.343 e. The normalized spacial score (nSPS) is 14.6. The molecule has 1 aromatic heterocycles. The monoisotopic (exact) mass is 467 g/mol. The molecule has 1 fully saturated rings. The summed E-state index contributed by atoms with van der Waals surface area (Å²) in [5.74, 6) is 0.194. The molecule has 0 atom stereocenters. The van der Waals surface area contributed by atoms with Gasteiger partial charge in [0.1, 0.15) is 17.7 Å². The summed E-state index contributed by atoms with van der Waals surface area (Å²) in [4.78, 5) is 29.5. The number of piperidine rings is 1. The summed E-state index contributed by atoms with van der Waals surface area (Å²) < 4.78 is 15.2. The lowest BCUT2D eigenvalue weighted by Gasteiger charge is -2.33. The van der Waals surface area contributed by atoms with Crippen molar-refractivity contribution in [2.24, 2.45) is 5.92 Å². The summed E-state index contributed by atoms with van der Waals surface area (Å²) in [6, 6.07) is 8.42. The zero-order valence-corrected chi connectivity index (χ0v) is 20.5. The van der Waals surface area contributed by atoms with Crippen LogP contribution in [0.3, 0.4) is 0 Å². The molecule has 7 nitrogen and oxygen atoms in total. The Labute approximate surface area is 201 Å². The van der Waals surface area contributed by atoms with E-state index in [-0.39, 0.29) is 30.1 Å². The molecule has 8 heteroatoms. The number of nitriles is 1. The van der Waals surface area contributed by atoms with Gasteiger partial charge in [0, 0.05) is 31.2 Å². The second-order valence-corrected chi connectivity index (χ2v) is 8.87. The van der Waals surface area contributed by atoms with Crippen molar-refractivity contribution in [1.29, 1.82) is 5.26 Å². The Morgan fingerprint density at radius 1 is 1.15 bits per heavy atom. The Hall–Kier alpha value is -3.18. The molecule has 0 saturated carbocycles. The molecule has 1 saturated heterocycles. The number of amides is 2. The first-order valence-corrected chi connectivity index (χ1v) is 11.9. The Morgan fingerprint density at radius 3 is 2.32 bits per heavy atom. The third kappa shape index (κ3) is 5.65. The third-order valence-corrected chi connectivity index (χ3v) is 6.83. The van der Waals surface area contributed by atoms with Crippen molar-refractivity contribution < 1.29 is 14.0 Å². The SMILES string of the molecule is CCN(CC)C(=O)C1CCN(CC(=O)Nc2c(C#N)c(C)c(C)n2Cc2ccc(F)cc2)CC1. The molecule has 0 aliphatic carbocycles. The number of nitrogens with zero attached hydrogens (tertiary/aromatic N) is 4. The van der Waals surface area contributed by atoms with E-state index < -0.39 is 0 Å². The molecule has 1 aliphatic rings. The Morgan fingerprint density at radius 2 is 1.76 bits per heavy atom. The fourth-order valence-corrected chi connectivity index (χ4v) is 4.61. The van der Waals surface area contributed by atoms with Crippen molar-refractivity contribution in [3.8, 4) is 6.07 Å². The molecule has 2 amide bonds. The van der Waals surface area contributed by atoms with Gasteiger partial charge in [-0.05, 0) is 76.9 Å². The molecule has 2 aromatic rings. The first-order valence-electron chi connectivity index (χ1n) is 11.9. The van der Waals surface area contributed by atoms with Crippen LogP contribution in [0.1, 0.15) is 49.1 Å². The maximum Gasteiger partial charge on any atom is 0.239 e. The second kappa shape index (κ2) is 11.3. The van der Waals surface area contributed by atoms with Crippen molar-refractivity contribution in [3.63, 3.8) is 0 Å². The summed E-state index contributed by atoms with van der Waals surface area (Å²) in [7, 11) is 0. The summed E-state index contributed by atoms with van der Waals surface area (Å²) in [5.41, 5.74) is 3.01. The van der Waals surface area contributed by atoms with E-state index in [4.69, 9.17) is 0 Å². The molecule has 1 N–H and O–H groups in total. The maximum absolute atomic E-state index is 13.3. The van der Waals surface area contributed by atoms with Crippen LogP contribution in [-0.2, 0) is 16.1 Å². The zero-order chi connectivity index (χ0) is 24.8. The van der Waals surface area contributed by atoms with Gasteiger partial charge in [0.2, 0.25) is 11.8 Å². The van der Waals surface area contributed by atoms with E-state index in [1.807, 2.05) is 37.2 Å². The van der Waals surface area contributed by atoms with Gasteiger partial charge in [-0.15, -0.1) is 0 Å². The molecular weight excluding hydrogens is 433 g/mol. The minimum absolute atomic E-state index is 0.0163. The predicted molar refractivity (Wildman–Crippen MR) is 130 cm³/mol. The van der Waals surface area contributed by atoms with Gasteiger partial charge in [0.05, 0.1) is 12.1 Å². The van der Waals surface area contributed by atoms with Crippen molar-refractivity contribution >= 4 is 17.6 Å². The van der Waals surface area contributed by atoms with Gasteiger partial charge in [-0.2, -0.15) is 5.26 Å². The fourth-order valence-electron chi connectivity index (χ4n) is 4.61. The molecule has 0 spiro atoms. The van der Waals surface area contributed by atoms with E-state index >= 15 is 0 Å². The van der Waals surface area contributed by atoms with Gasteiger partial charge in [0.25, 0.3) is 0 Å². The van der Waals surface area contributed by atoms with Crippen LogP contribution in [0.4, 0.5) is 10.2 Å². The average Bonchev–Trinajstić information content (AvgIpc) is 3.05. The molecule has 2 heterocycles. The number of rotatable bonds is 8. The highest BCUT2D eigenvalue weighted by Gasteiger charge is 2.28. The van der Waals surface area contributed by atoms with E-state index in [1.165, 1.54) is 12.1 Å². The van der Waals surface area contributed by atoms with Crippen molar-refractivity contribution in [2.75, 3.05) is 38.0 Å². The van der Waals surface area contributed by atoms with Crippen LogP contribution in [0.5, 0.6) is 0 Å². The zero-order valence-electron chi connectivity index (χ0n) is 20.5. The van der Waals surface area contributed by atoms with E-state index in [0.717, 1.165) is 42.8 Å². The smallest absolute Gasteiger partial charge is 0.239 e. The van der Waals surface area contributed by atoms with Crippen molar-refractivity contribution in [3.05, 3.63) is 52.5 Å². The number of hydrogen-bond acceptors (Lipinski definition) is 4.